The number of aryl methyl sites for hydroxylation is 2. The summed E-state index contributed by atoms with van der Waals surface area (Å²) in [6.07, 6.45) is 1.47. The molecule has 0 amide bonds. The highest BCUT2D eigenvalue weighted by Crippen LogP contribution is 2.17. The van der Waals surface area contributed by atoms with E-state index in [-0.39, 0.29) is 11.3 Å². The van der Waals surface area contributed by atoms with Crippen LogP contribution in [0, 0.1) is 19.7 Å². The van der Waals surface area contributed by atoms with Crippen LogP contribution in [0.15, 0.2) is 24.4 Å². The van der Waals surface area contributed by atoms with Crippen LogP contribution in [0.5, 0.6) is 0 Å². The van der Waals surface area contributed by atoms with Crippen molar-refractivity contribution in [3.63, 3.8) is 0 Å². The molecule has 4 heteroatoms. The molecule has 0 fully saturated rings. The van der Waals surface area contributed by atoms with Crippen LogP contribution in [-0.2, 0) is 7.05 Å². The molecule has 0 N–H and O–H groups in total. The lowest BCUT2D eigenvalue weighted by Gasteiger charge is -2.03. The van der Waals surface area contributed by atoms with E-state index in [1.54, 1.807) is 30.8 Å². The normalized spacial score (nSPS) is 10.6. The number of nitrogens with zero attached hydrogens (tertiary/aromatic N) is 2. The molecule has 0 radical (unpaired) electrons. The molecule has 1 aromatic heterocycles. The molecule has 0 aliphatic rings. The zero-order valence-electron chi connectivity index (χ0n) is 9.99. The second-order valence-corrected chi connectivity index (χ2v) is 4.08. The molecule has 0 aliphatic carbocycles. The summed E-state index contributed by atoms with van der Waals surface area (Å²) in [6.45, 7) is 3.61. The van der Waals surface area contributed by atoms with Gasteiger partial charge in [-0.3, -0.25) is 9.48 Å². The van der Waals surface area contributed by atoms with Crippen LogP contribution in [0.2, 0.25) is 0 Å². The third-order valence-corrected chi connectivity index (χ3v) is 2.85. The van der Waals surface area contributed by atoms with Gasteiger partial charge < -0.3 is 0 Å². The highest BCUT2D eigenvalue weighted by atomic mass is 19.1. The monoisotopic (exact) mass is 232 g/mol. The van der Waals surface area contributed by atoms with Gasteiger partial charge in [-0.25, -0.2) is 4.39 Å². The SMILES string of the molecule is Cc1ccc(F)c(C(=O)c2cnn(C)c2C)c1. The van der Waals surface area contributed by atoms with Crippen LogP contribution in [0.25, 0.3) is 0 Å². The molecule has 0 unspecified atom stereocenters. The Labute approximate surface area is 98.9 Å². The minimum atomic E-state index is -0.496. The average Bonchev–Trinajstić information content (AvgIpc) is 2.62. The first-order chi connectivity index (χ1) is 8.00. The maximum atomic E-state index is 13.6. The highest BCUT2D eigenvalue weighted by Gasteiger charge is 2.18. The van der Waals surface area contributed by atoms with Gasteiger partial charge in [-0.15, -0.1) is 0 Å². The van der Waals surface area contributed by atoms with Crippen LogP contribution >= 0.6 is 0 Å². The van der Waals surface area contributed by atoms with E-state index in [0.717, 1.165) is 11.3 Å². The van der Waals surface area contributed by atoms with E-state index >= 15 is 0 Å². The van der Waals surface area contributed by atoms with Crippen molar-refractivity contribution in [3.8, 4) is 0 Å². The lowest BCUT2D eigenvalue weighted by atomic mass is 10.0. The molecule has 2 aromatic rings. The Hall–Kier alpha value is -1.97. The minimum absolute atomic E-state index is 0.0982. The predicted molar refractivity (Wildman–Crippen MR) is 62.5 cm³/mol. The summed E-state index contributed by atoms with van der Waals surface area (Å²) in [5.74, 6) is -0.819. The molecule has 0 saturated carbocycles. The lowest BCUT2D eigenvalue weighted by molar-refractivity contribution is 0.103. The zero-order chi connectivity index (χ0) is 12.6. The van der Waals surface area contributed by atoms with Gasteiger partial charge in [0.15, 0.2) is 5.78 Å². The Bertz CT molecular complexity index is 587. The molecule has 0 bridgehead atoms. The summed E-state index contributed by atoms with van der Waals surface area (Å²) >= 11 is 0. The summed E-state index contributed by atoms with van der Waals surface area (Å²) < 4.78 is 15.2. The number of ketones is 1. The zero-order valence-corrected chi connectivity index (χ0v) is 9.99. The Balaban J connectivity index is 2.51. The second kappa shape index (κ2) is 4.13. The summed E-state index contributed by atoms with van der Waals surface area (Å²) in [5.41, 5.74) is 2.13. The average molecular weight is 232 g/mol. The van der Waals surface area contributed by atoms with Gasteiger partial charge in [0.05, 0.1) is 17.3 Å². The van der Waals surface area contributed by atoms with Crippen molar-refractivity contribution >= 4 is 5.78 Å². The molecule has 0 atom stereocenters. The van der Waals surface area contributed by atoms with Crippen LogP contribution in [0.3, 0.4) is 0 Å². The quantitative estimate of drug-likeness (QED) is 0.745. The molecule has 3 nitrogen and oxygen atoms in total. The first kappa shape index (κ1) is 11.5. The van der Waals surface area contributed by atoms with Crippen molar-refractivity contribution < 1.29 is 9.18 Å². The van der Waals surface area contributed by atoms with Gasteiger partial charge in [-0.1, -0.05) is 11.6 Å². The molecule has 1 aromatic carbocycles. The highest BCUT2D eigenvalue weighted by molar-refractivity contribution is 6.09. The van der Waals surface area contributed by atoms with Gasteiger partial charge in [0.1, 0.15) is 5.82 Å². The fraction of sp³-hybridized carbons (Fsp3) is 0.231. The maximum absolute atomic E-state index is 13.6. The molecule has 1 heterocycles. The van der Waals surface area contributed by atoms with Crippen molar-refractivity contribution in [1.29, 1.82) is 0 Å². The molecule has 2 rings (SSSR count). The third kappa shape index (κ3) is 1.98. The summed E-state index contributed by atoms with van der Waals surface area (Å²) in [7, 11) is 1.75. The lowest BCUT2D eigenvalue weighted by Crippen LogP contribution is -2.06. The van der Waals surface area contributed by atoms with Crippen molar-refractivity contribution in [2.75, 3.05) is 0 Å². The molecule has 0 spiro atoms. The topological polar surface area (TPSA) is 34.9 Å². The molecular formula is C13H13FN2O. The van der Waals surface area contributed by atoms with Gasteiger partial charge in [0.2, 0.25) is 0 Å². The number of hydrogen-bond donors (Lipinski definition) is 0. The van der Waals surface area contributed by atoms with Crippen molar-refractivity contribution in [3.05, 3.63) is 52.6 Å². The number of rotatable bonds is 2. The number of aromatic nitrogens is 2. The Morgan fingerprint density at radius 1 is 1.29 bits per heavy atom. The predicted octanol–water partition coefficient (Wildman–Crippen LogP) is 2.41. The smallest absolute Gasteiger partial charge is 0.199 e. The minimum Gasteiger partial charge on any atom is -0.288 e. The first-order valence-electron chi connectivity index (χ1n) is 5.30. The van der Waals surface area contributed by atoms with Crippen LogP contribution < -0.4 is 0 Å². The van der Waals surface area contributed by atoms with Crippen LogP contribution in [-0.4, -0.2) is 15.6 Å². The molecule has 0 saturated heterocycles. The van der Waals surface area contributed by atoms with Crippen LogP contribution in [0.1, 0.15) is 27.2 Å². The third-order valence-electron chi connectivity index (χ3n) is 2.85. The van der Waals surface area contributed by atoms with E-state index in [0.29, 0.717) is 5.56 Å². The molecular weight excluding hydrogens is 219 g/mol. The largest absolute Gasteiger partial charge is 0.288 e. The number of benzene rings is 1. The van der Waals surface area contributed by atoms with Crippen molar-refractivity contribution in [2.24, 2.45) is 7.05 Å². The van der Waals surface area contributed by atoms with E-state index in [4.69, 9.17) is 0 Å². The second-order valence-electron chi connectivity index (χ2n) is 4.08. The standard InChI is InChI=1S/C13H13FN2O/c1-8-4-5-12(14)10(6-8)13(17)11-7-15-16(3)9(11)2/h4-7H,1-3H3. The fourth-order valence-electron chi connectivity index (χ4n) is 1.68. The number of carbonyl (C=O) groups excluding carboxylic acids is 1. The summed E-state index contributed by atoms with van der Waals surface area (Å²) in [5, 5.41) is 3.99. The van der Waals surface area contributed by atoms with Crippen molar-refractivity contribution in [1.82, 2.24) is 9.78 Å². The van der Waals surface area contributed by atoms with Gasteiger partial charge >= 0.3 is 0 Å². The molecule has 0 aliphatic heterocycles. The summed E-state index contributed by atoms with van der Waals surface area (Å²) in [6, 6.07) is 4.51. The van der Waals surface area contributed by atoms with Gasteiger partial charge in [-0.2, -0.15) is 5.10 Å². The number of halogens is 1. The van der Waals surface area contributed by atoms with E-state index in [2.05, 4.69) is 5.10 Å². The van der Waals surface area contributed by atoms with E-state index < -0.39 is 5.82 Å². The first-order valence-corrected chi connectivity index (χ1v) is 5.30. The Kier molecular flexibility index (Phi) is 2.79. The van der Waals surface area contributed by atoms with Crippen molar-refractivity contribution in [2.45, 2.75) is 13.8 Å². The van der Waals surface area contributed by atoms with Gasteiger partial charge in [-0.05, 0) is 26.0 Å². The fourth-order valence-corrected chi connectivity index (χ4v) is 1.68. The molecule has 17 heavy (non-hydrogen) atoms. The van der Waals surface area contributed by atoms with E-state index in [1.807, 2.05) is 6.92 Å². The Morgan fingerprint density at radius 2 is 2.00 bits per heavy atom. The Morgan fingerprint density at radius 3 is 2.59 bits per heavy atom. The number of carbonyl (C=O) groups is 1. The van der Waals surface area contributed by atoms with E-state index in [1.165, 1.54) is 12.3 Å². The van der Waals surface area contributed by atoms with Gasteiger partial charge in [0, 0.05) is 12.7 Å². The molecule has 88 valence electrons. The number of hydrogen-bond acceptors (Lipinski definition) is 2. The van der Waals surface area contributed by atoms with Gasteiger partial charge in [0.25, 0.3) is 0 Å². The maximum Gasteiger partial charge on any atom is 0.199 e. The summed E-state index contributed by atoms with van der Waals surface area (Å²) in [4.78, 5) is 12.2. The van der Waals surface area contributed by atoms with Crippen LogP contribution in [0.4, 0.5) is 4.39 Å². The van der Waals surface area contributed by atoms with E-state index in [9.17, 15) is 9.18 Å².